The number of esters is 9. The Morgan fingerprint density at radius 2 is 0.416 bits per heavy atom. The quantitative estimate of drug-likeness (QED) is 0.0104. The normalized spacial score (nSPS) is 10.6. The molecule has 36 nitrogen and oxygen atoms in total. The molecule has 0 fully saturated rings. The molecule has 4 amide bonds. The van der Waals surface area contributed by atoms with Gasteiger partial charge in [0.25, 0.3) is 23.6 Å². The first-order chi connectivity index (χ1) is 60.3. The van der Waals surface area contributed by atoms with E-state index in [0.29, 0.717) is 5.56 Å². The second-order valence-corrected chi connectivity index (χ2v) is 27.0. The van der Waals surface area contributed by atoms with E-state index in [2.05, 4.69) is 21.3 Å². The molecule has 0 aliphatic heterocycles. The molecule has 5 aromatic carbocycles. The molecule has 5 rings (SSSR count). The van der Waals surface area contributed by atoms with Crippen LogP contribution in [0, 0.1) is 6.92 Å². The van der Waals surface area contributed by atoms with E-state index in [9.17, 15) is 43.2 Å². The average molecular weight is 1750 g/mol. The van der Waals surface area contributed by atoms with Gasteiger partial charge in [0, 0.05) is 82.1 Å². The number of hydrogen-bond donors (Lipinski definition) is 5. The monoisotopic (exact) mass is 1750 g/mol. The fourth-order valence-electron chi connectivity index (χ4n) is 11.5. The Bertz CT molecular complexity index is 4380. The van der Waals surface area contributed by atoms with Gasteiger partial charge >= 0.3 is 53.7 Å². The van der Waals surface area contributed by atoms with Crippen LogP contribution in [-0.4, -0.2) is 196 Å². The van der Waals surface area contributed by atoms with E-state index in [-0.39, 0.29) is 337 Å². The van der Waals surface area contributed by atoms with Gasteiger partial charge in [0.2, 0.25) is 0 Å². The molecule has 125 heavy (non-hydrogen) atoms. The molecule has 6 N–H and O–H groups in total. The summed E-state index contributed by atoms with van der Waals surface area (Å²) in [5, 5.41) is 11.4. The van der Waals surface area contributed by atoms with Crippen molar-refractivity contribution in [3.63, 3.8) is 0 Å². The Kier molecular flexibility index (Phi) is 47.9. The number of benzene rings is 5. The summed E-state index contributed by atoms with van der Waals surface area (Å²) in [6, 6.07) is 15.2. The Labute approximate surface area is 727 Å². The second-order valence-electron chi connectivity index (χ2n) is 27.0. The highest BCUT2D eigenvalue weighted by atomic mass is 16.6. The van der Waals surface area contributed by atoms with Gasteiger partial charge in [-0.25, -0.2) is 0 Å². The van der Waals surface area contributed by atoms with Crippen molar-refractivity contribution in [3.8, 4) is 51.7 Å². The van der Waals surface area contributed by atoms with E-state index < -0.39 is 77.4 Å². The summed E-state index contributed by atoms with van der Waals surface area (Å²) in [5.74, 6) is -9.23. The third-order valence-electron chi connectivity index (χ3n) is 17.3. The van der Waals surface area contributed by atoms with Gasteiger partial charge in [0.1, 0.15) is 51.7 Å². The number of nitrogens with one attached hydrogen (secondary N) is 4. The van der Waals surface area contributed by atoms with Crippen molar-refractivity contribution in [2.75, 3.05) is 146 Å². The van der Waals surface area contributed by atoms with Crippen molar-refractivity contribution in [2.45, 2.75) is 185 Å². The third-order valence-corrected chi connectivity index (χ3v) is 17.3. The summed E-state index contributed by atoms with van der Waals surface area (Å²) in [6.07, 6.45) is 0.316. The zero-order valence-electron chi connectivity index (χ0n) is 73.0. The Hall–Kier alpha value is -12.8. The van der Waals surface area contributed by atoms with Crippen molar-refractivity contribution < 1.29 is 148 Å². The number of anilines is 5. The van der Waals surface area contributed by atoms with Crippen molar-refractivity contribution in [1.29, 1.82) is 0 Å². The van der Waals surface area contributed by atoms with Crippen molar-refractivity contribution >= 4 is 106 Å². The fraction of sp³-hybridized carbons (Fsp3) is 0.517. The van der Waals surface area contributed by atoms with Gasteiger partial charge in [-0.15, -0.1) is 0 Å². The highest BCUT2D eigenvalue weighted by molar-refractivity contribution is 6.14. The van der Waals surface area contributed by atoms with Gasteiger partial charge in [-0.2, -0.15) is 0 Å². The summed E-state index contributed by atoms with van der Waals surface area (Å²) >= 11 is 0. The first kappa shape index (κ1) is 103. The summed E-state index contributed by atoms with van der Waals surface area (Å²) in [4.78, 5) is 175. The largest absolute Gasteiger partial charge is 0.493 e. The first-order valence-corrected chi connectivity index (χ1v) is 42.2. The molecule has 0 atom stereocenters. The number of hydrogen-bond acceptors (Lipinski definition) is 32. The summed E-state index contributed by atoms with van der Waals surface area (Å²) in [5.41, 5.74) is 5.62. The van der Waals surface area contributed by atoms with Crippen molar-refractivity contribution in [2.24, 2.45) is 0 Å². The molecule has 5 aromatic rings. The van der Waals surface area contributed by atoms with Crippen LogP contribution in [0.2, 0.25) is 0 Å². The maximum atomic E-state index is 15.9. The first-order valence-electron chi connectivity index (χ1n) is 42.2. The molecular weight excluding hydrogens is 1630 g/mol. The van der Waals surface area contributed by atoms with Crippen molar-refractivity contribution in [3.05, 3.63) is 94.5 Å². The molecule has 0 saturated carbocycles. The average Bonchev–Trinajstić information content (AvgIpc) is 0.787. The summed E-state index contributed by atoms with van der Waals surface area (Å²) < 4.78 is 103. The smallest absolute Gasteiger partial charge is 0.305 e. The Morgan fingerprint density at radius 3 is 0.640 bits per heavy atom. The number of carbonyl (C=O) groups excluding carboxylic acids is 13. The molecule has 0 aliphatic rings. The van der Waals surface area contributed by atoms with E-state index in [1.54, 1.807) is 87.4 Å². The number of rotatable bonds is 62. The number of ether oxygens (including phenoxy) is 18. The zero-order chi connectivity index (χ0) is 91.3. The predicted octanol–water partition coefficient (Wildman–Crippen LogP) is 13.1. The molecule has 0 spiro atoms. The van der Waals surface area contributed by atoms with Crippen molar-refractivity contribution in [1.82, 2.24) is 0 Å². The number of amides is 4. The molecule has 0 aromatic heterocycles. The molecule has 686 valence electrons. The van der Waals surface area contributed by atoms with E-state index >= 15 is 19.2 Å². The molecule has 0 radical (unpaired) electrons. The molecule has 0 unspecified atom stereocenters. The lowest BCUT2D eigenvalue weighted by atomic mass is 10.1. The molecule has 0 aliphatic carbocycles. The SMILES string of the molecule is CCOC(=O)CCCOc1cc(OCCCC(=O)OCC)c(C(=O)Nc2cc(C(=O)Nc3cc(C(=O)Nc4cc(C(=O)Nc5cc(C)ccc5OCCCC(=O)OCC)c(OCCCC(=O)OCC)cc4OCCCC(=O)OCC)c(OCCCC(=O)OCC)cc3OCCCC(=O)OCC)c(OCCCC(=O)OCC)cc2OCCCC(=O)OCC)cc1N. The minimum atomic E-state index is -1.04. The van der Waals surface area contributed by atoms with E-state index in [1.807, 2.05) is 0 Å². The molecule has 0 heterocycles. The van der Waals surface area contributed by atoms with Gasteiger partial charge in [0.05, 0.1) is 170 Å². The summed E-state index contributed by atoms with van der Waals surface area (Å²) in [7, 11) is 0. The topological polar surface area (TPSA) is 462 Å². The van der Waals surface area contributed by atoms with Gasteiger partial charge < -0.3 is 112 Å². The van der Waals surface area contributed by atoms with Crippen LogP contribution < -0.4 is 69.6 Å². The lowest BCUT2D eigenvalue weighted by molar-refractivity contribution is -0.144. The van der Waals surface area contributed by atoms with Gasteiger partial charge in [0.15, 0.2) is 0 Å². The standard InChI is InChI=1S/C89H119N5O31/c1-11-108-77(95)29-20-40-117-68-39-38-58(10)49-64(68)91-87(105)60-51-66(75(124-47-27-36-84(102)115-18-8)55-70(60)119-42-22-31-79(97)110-13-3)93-89(107)62-53-67(76(125-48-28-37-85(103)116-19-9)57-72(62)121-44-24-33-81(99)112-15-5)94-88(106)61-52-65(74(123-46-26-35-83(101)114-17-7)56-71(61)120-43-23-32-80(98)111-14-4)92-86(104)59-50-63(90)73(122-45-25-34-82(100)113-16-6)54-69(59)118-41-21-30-78(96)109-12-2/h38-39,49-57H,11-37,40-48,90H2,1-10H3,(H,91,105)(H,92,104)(H,93,107)(H,94,106). The Balaban J connectivity index is 1.82. The molecular formula is C89H119N5O31. The fourth-order valence-corrected chi connectivity index (χ4v) is 11.5. The maximum absolute atomic E-state index is 15.9. The van der Waals surface area contributed by atoms with Crippen LogP contribution in [0.25, 0.3) is 0 Å². The predicted molar refractivity (Wildman–Crippen MR) is 455 cm³/mol. The number of carbonyl (C=O) groups is 13. The van der Waals surface area contributed by atoms with Gasteiger partial charge in [-0.05, 0) is 169 Å². The van der Waals surface area contributed by atoms with E-state index in [1.165, 1.54) is 48.5 Å². The zero-order valence-corrected chi connectivity index (χ0v) is 73.0. The highest BCUT2D eigenvalue weighted by Crippen LogP contribution is 2.42. The molecule has 0 bridgehead atoms. The molecule has 0 saturated heterocycles. The van der Waals surface area contributed by atoms with E-state index in [4.69, 9.17) is 91.0 Å². The number of nitrogens with two attached hydrogens (primary N) is 1. The van der Waals surface area contributed by atoms with Crippen LogP contribution in [0.15, 0.2) is 66.7 Å². The second kappa shape index (κ2) is 58.3. The highest BCUT2D eigenvalue weighted by Gasteiger charge is 2.29. The number of aryl methyl sites for hydroxylation is 1. The summed E-state index contributed by atoms with van der Waals surface area (Å²) in [6.45, 7) is 16.3. The maximum Gasteiger partial charge on any atom is 0.305 e. The molecule has 36 heteroatoms. The third kappa shape index (κ3) is 38.3. The van der Waals surface area contributed by atoms with Crippen LogP contribution in [-0.2, 0) is 85.8 Å². The van der Waals surface area contributed by atoms with Crippen LogP contribution in [0.5, 0.6) is 51.7 Å². The van der Waals surface area contributed by atoms with Gasteiger partial charge in [-0.3, -0.25) is 62.3 Å². The number of nitrogen functional groups attached to an aromatic ring is 1. The minimum absolute atomic E-state index is 0.0169. The lowest BCUT2D eigenvalue weighted by Gasteiger charge is -2.21. The van der Waals surface area contributed by atoms with Crippen LogP contribution in [0.3, 0.4) is 0 Å². The minimum Gasteiger partial charge on any atom is -0.493 e. The van der Waals surface area contributed by atoms with Crippen LogP contribution >= 0.6 is 0 Å². The van der Waals surface area contributed by atoms with Crippen LogP contribution in [0.1, 0.15) is 225 Å². The van der Waals surface area contributed by atoms with Crippen LogP contribution in [0.4, 0.5) is 28.4 Å². The Morgan fingerprint density at radius 1 is 0.232 bits per heavy atom. The van der Waals surface area contributed by atoms with E-state index in [0.717, 1.165) is 0 Å². The van der Waals surface area contributed by atoms with Gasteiger partial charge in [-0.1, -0.05) is 6.07 Å². The lowest BCUT2D eigenvalue weighted by Crippen LogP contribution is -2.20.